The minimum absolute atomic E-state index is 1.12. The Labute approximate surface area is 73.2 Å². The smallest absolute Gasteiger partial charge is 0.00862 e. The summed E-state index contributed by atoms with van der Waals surface area (Å²) in [6, 6.07) is 8.13. The Morgan fingerprint density at radius 1 is 1.36 bits per heavy atom. The van der Waals surface area contributed by atoms with Crippen LogP contribution in [-0.4, -0.2) is 12.4 Å². The molecule has 0 aromatic heterocycles. The first-order valence-electron chi connectivity index (χ1n) is 3.42. The van der Waals surface area contributed by atoms with Crippen molar-refractivity contribution in [2.45, 2.75) is 6.92 Å². The molecule has 1 rings (SSSR count). The molecule has 0 bridgehead atoms. The van der Waals surface area contributed by atoms with Crippen LogP contribution in [0, 0.1) is 6.92 Å². The highest BCUT2D eigenvalue weighted by Gasteiger charge is 1.84. The fraction of sp³-hybridized carbons (Fsp3) is 0.222. The van der Waals surface area contributed by atoms with Gasteiger partial charge in [-0.3, -0.25) is 0 Å². The van der Waals surface area contributed by atoms with Crippen molar-refractivity contribution >= 4 is 17.6 Å². The zero-order valence-electron chi connectivity index (χ0n) is 6.87. The number of rotatable bonds is 1. The van der Waals surface area contributed by atoms with Gasteiger partial charge in [0.25, 0.3) is 0 Å². The summed E-state index contributed by atoms with van der Waals surface area (Å²) in [6.45, 7) is 2.06. The van der Waals surface area contributed by atoms with Gasteiger partial charge in [0.15, 0.2) is 0 Å². The van der Waals surface area contributed by atoms with Crippen molar-refractivity contribution in [3.8, 4) is 0 Å². The first-order chi connectivity index (χ1) is 5.33. The molecule has 60 valence electrons. The Hall–Kier alpha value is -0.730. The van der Waals surface area contributed by atoms with Gasteiger partial charge in [0.05, 0.1) is 0 Å². The molecule has 1 nitrogen and oxygen atoms in total. The van der Waals surface area contributed by atoms with Crippen molar-refractivity contribution in [3.05, 3.63) is 35.4 Å². The van der Waals surface area contributed by atoms with Crippen LogP contribution in [0.3, 0.4) is 0 Å². The Kier molecular flexibility index (Phi) is 5.61. The number of nitrogens with two attached hydrogens (primary N) is 1. The Morgan fingerprint density at radius 2 is 2.00 bits per heavy atom. The summed E-state index contributed by atoms with van der Waals surface area (Å²) in [4.78, 5) is 0. The standard InChI is InChI=1S/C8H8S.CH5N/c1-7-3-2-4-8(5-7)6-9;1-2/h2-6H,1H3;2H2,1H3. The van der Waals surface area contributed by atoms with Gasteiger partial charge in [-0.25, -0.2) is 0 Å². The largest absolute Gasteiger partial charge is 0.333 e. The molecular weight excluding hydrogens is 154 g/mol. The number of hydrogen-bond donors (Lipinski definition) is 1. The summed E-state index contributed by atoms with van der Waals surface area (Å²) in [5, 5.41) is 1.69. The van der Waals surface area contributed by atoms with Crippen LogP contribution in [0.1, 0.15) is 11.1 Å². The Balaban J connectivity index is 0.000000461. The van der Waals surface area contributed by atoms with Crippen LogP contribution in [0.15, 0.2) is 24.3 Å². The Morgan fingerprint density at radius 3 is 2.36 bits per heavy atom. The van der Waals surface area contributed by atoms with E-state index in [1.807, 2.05) is 12.1 Å². The molecule has 0 aliphatic rings. The van der Waals surface area contributed by atoms with E-state index >= 15 is 0 Å². The van der Waals surface area contributed by atoms with E-state index in [0.29, 0.717) is 0 Å². The summed E-state index contributed by atoms with van der Waals surface area (Å²) in [7, 11) is 1.50. The monoisotopic (exact) mass is 167 g/mol. The van der Waals surface area contributed by atoms with Crippen LogP contribution in [-0.2, 0) is 0 Å². The number of thiocarbonyl (C=S) groups is 1. The molecule has 0 saturated heterocycles. The van der Waals surface area contributed by atoms with Crippen LogP contribution < -0.4 is 5.73 Å². The van der Waals surface area contributed by atoms with Crippen molar-refractivity contribution in [2.75, 3.05) is 7.05 Å². The van der Waals surface area contributed by atoms with Crippen molar-refractivity contribution in [3.63, 3.8) is 0 Å². The van der Waals surface area contributed by atoms with E-state index in [-0.39, 0.29) is 0 Å². The molecule has 0 aliphatic heterocycles. The second-order valence-corrected chi connectivity index (χ2v) is 2.27. The molecule has 0 radical (unpaired) electrons. The van der Waals surface area contributed by atoms with E-state index in [1.165, 1.54) is 12.6 Å². The average Bonchev–Trinajstić information content (AvgIpc) is 2.08. The van der Waals surface area contributed by atoms with Crippen LogP contribution in [0.4, 0.5) is 0 Å². The highest BCUT2D eigenvalue weighted by molar-refractivity contribution is 7.79. The molecule has 11 heavy (non-hydrogen) atoms. The van der Waals surface area contributed by atoms with E-state index in [0.717, 1.165) is 5.56 Å². The molecule has 0 aliphatic carbocycles. The molecule has 0 unspecified atom stereocenters. The van der Waals surface area contributed by atoms with E-state index in [4.69, 9.17) is 12.2 Å². The van der Waals surface area contributed by atoms with E-state index in [9.17, 15) is 0 Å². The normalized spacial score (nSPS) is 7.91. The summed E-state index contributed by atoms with van der Waals surface area (Å²) in [5.41, 5.74) is 6.87. The number of hydrogen-bond acceptors (Lipinski definition) is 2. The summed E-state index contributed by atoms with van der Waals surface area (Å²) < 4.78 is 0. The molecule has 2 N–H and O–H groups in total. The van der Waals surface area contributed by atoms with Gasteiger partial charge < -0.3 is 5.73 Å². The highest BCUT2D eigenvalue weighted by Crippen LogP contribution is 2.00. The van der Waals surface area contributed by atoms with Gasteiger partial charge in [-0.2, -0.15) is 0 Å². The topological polar surface area (TPSA) is 26.0 Å². The number of aryl methyl sites for hydroxylation is 1. The molecule has 1 aromatic carbocycles. The molecule has 0 amide bonds. The lowest BCUT2D eigenvalue weighted by molar-refractivity contribution is 1.47. The zero-order chi connectivity index (χ0) is 8.69. The van der Waals surface area contributed by atoms with Gasteiger partial charge in [0.1, 0.15) is 0 Å². The third-order valence-corrected chi connectivity index (χ3v) is 1.45. The second-order valence-electron chi connectivity index (χ2n) is 2.03. The van der Waals surface area contributed by atoms with Gasteiger partial charge in [0, 0.05) is 5.37 Å². The molecule has 0 heterocycles. The third-order valence-electron chi connectivity index (χ3n) is 1.18. The molecular formula is C9H13NS. The Bertz CT molecular complexity index is 221. The predicted octanol–water partition coefficient (Wildman–Crippen LogP) is 1.92. The second kappa shape index (κ2) is 6.01. The number of benzene rings is 1. The van der Waals surface area contributed by atoms with E-state index < -0.39 is 0 Å². The molecule has 0 spiro atoms. The van der Waals surface area contributed by atoms with Gasteiger partial charge in [-0.15, -0.1) is 0 Å². The van der Waals surface area contributed by atoms with Crippen LogP contribution in [0.5, 0.6) is 0 Å². The molecule has 0 atom stereocenters. The SMILES string of the molecule is CN.Cc1cccc(C=S)c1. The van der Waals surface area contributed by atoms with Gasteiger partial charge in [0.2, 0.25) is 0 Å². The van der Waals surface area contributed by atoms with Crippen molar-refractivity contribution < 1.29 is 0 Å². The van der Waals surface area contributed by atoms with Gasteiger partial charge >= 0.3 is 0 Å². The fourth-order valence-electron chi connectivity index (χ4n) is 0.743. The zero-order valence-corrected chi connectivity index (χ0v) is 7.69. The molecule has 1 aromatic rings. The van der Waals surface area contributed by atoms with Crippen molar-refractivity contribution in [1.29, 1.82) is 0 Å². The van der Waals surface area contributed by atoms with Crippen LogP contribution >= 0.6 is 12.2 Å². The van der Waals surface area contributed by atoms with Gasteiger partial charge in [-0.05, 0) is 19.5 Å². The lowest BCUT2D eigenvalue weighted by Gasteiger charge is -1.91. The maximum atomic E-state index is 4.75. The van der Waals surface area contributed by atoms with Crippen molar-refractivity contribution in [2.24, 2.45) is 5.73 Å². The average molecular weight is 167 g/mol. The quantitative estimate of drug-likeness (QED) is 0.647. The molecule has 0 fully saturated rings. The summed E-state index contributed by atoms with van der Waals surface area (Å²) >= 11 is 4.75. The van der Waals surface area contributed by atoms with Crippen LogP contribution in [0.25, 0.3) is 0 Å². The van der Waals surface area contributed by atoms with Crippen molar-refractivity contribution in [1.82, 2.24) is 0 Å². The molecule has 2 heteroatoms. The maximum absolute atomic E-state index is 4.75. The minimum Gasteiger partial charge on any atom is -0.333 e. The van der Waals surface area contributed by atoms with Crippen LogP contribution in [0.2, 0.25) is 0 Å². The fourth-order valence-corrected chi connectivity index (χ4v) is 0.890. The highest BCUT2D eigenvalue weighted by atomic mass is 32.1. The predicted molar refractivity (Wildman–Crippen MR) is 54.0 cm³/mol. The molecule has 0 saturated carbocycles. The minimum atomic E-state index is 1.12. The first-order valence-corrected chi connectivity index (χ1v) is 3.89. The van der Waals surface area contributed by atoms with E-state index in [2.05, 4.69) is 24.8 Å². The lowest BCUT2D eigenvalue weighted by Crippen LogP contribution is -1.77. The first kappa shape index (κ1) is 10.3. The lowest BCUT2D eigenvalue weighted by atomic mass is 10.2. The maximum Gasteiger partial charge on any atom is 0.00862 e. The van der Waals surface area contributed by atoms with E-state index in [1.54, 1.807) is 5.37 Å². The van der Waals surface area contributed by atoms with Gasteiger partial charge in [-0.1, -0.05) is 42.0 Å². The summed E-state index contributed by atoms with van der Waals surface area (Å²) in [5.74, 6) is 0. The third kappa shape index (κ3) is 3.86. The summed E-state index contributed by atoms with van der Waals surface area (Å²) in [6.07, 6.45) is 0.